The Kier molecular flexibility index (Phi) is 6.14. The SMILES string of the molecule is COc1ccc(S(=O)(=O)N[C@H]2CCOC2)cc1C(=O)Nc1ncc(F)cc1Cl. The lowest BCUT2D eigenvalue weighted by Gasteiger charge is -2.14. The molecule has 11 heteroatoms. The normalized spacial score (nSPS) is 16.8. The van der Waals surface area contributed by atoms with Gasteiger partial charge in [0, 0.05) is 12.6 Å². The minimum absolute atomic E-state index is 0.0461. The summed E-state index contributed by atoms with van der Waals surface area (Å²) in [6.45, 7) is 0.770. The molecule has 150 valence electrons. The molecule has 1 atom stereocenters. The molecule has 2 N–H and O–H groups in total. The van der Waals surface area contributed by atoms with Crippen LogP contribution < -0.4 is 14.8 Å². The number of hydrogen-bond acceptors (Lipinski definition) is 6. The van der Waals surface area contributed by atoms with Crippen molar-refractivity contribution in [3.63, 3.8) is 0 Å². The van der Waals surface area contributed by atoms with Gasteiger partial charge in [-0.2, -0.15) is 0 Å². The van der Waals surface area contributed by atoms with Crippen molar-refractivity contribution in [3.05, 3.63) is 46.9 Å². The predicted octanol–water partition coefficient (Wildman–Crippen LogP) is 2.20. The smallest absolute Gasteiger partial charge is 0.260 e. The standard InChI is InChI=1S/C17H17ClFN3O5S/c1-26-15-3-2-12(28(24,25)22-11-4-5-27-9-11)7-13(15)17(23)21-16-14(18)6-10(19)8-20-16/h2-3,6-8,11,22H,4-5,9H2,1H3,(H,20,21,23)/t11-/m0/s1. The number of hydrogen-bond donors (Lipinski definition) is 2. The number of sulfonamides is 1. The van der Waals surface area contributed by atoms with E-state index in [9.17, 15) is 17.6 Å². The van der Waals surface area contributed by atoms with Gasteiger partial charge < -0.3 is 14.8 Å². The van der Waals surface area contributed by atoms with E-state index in [1.54, 1.807) is 0 Å². The number of carbonyl (C=O) groups excluding carboxylic acids is 1. The summed E-state index contributed by atoms with van der Waals surface area (Å²) in [7, 11) is -2.52. The fraction of sp³-hybridized carbons (Fsp3) is 0.294. The average Bonchev–Trinajstić information content (AvgIpc) is 3.15. The van der Waals surface area contributed by atoms with Crippen LogP contribution in [-0.4, -0.2) is 45.7 Å². The molecule has 1 fully saturated rings. The quantitative estimate of drug-likeness (QED) is 0.729. The van der Waals surface area contributed by atoms with Gasteiger partial charge in [-0.1, -0.05) is 11.6 Å². The third-order valence-corrected chi connectivity index (χ3v) is 5.82. The Bertz CT molecular complexity index is 996. The first-order valence-corrected chi connectivity index (χ1v) is 10.1. The van der Waals surface area contributed by atoms with Crippen molar-refractivity contribution in [1.29, 1.82) is 0 Å². The van der Waals surface area contributed by atoms with Gasteiger partial charge in [0.2, 0.25) is 10.0 Å². The first-order valence-electron chi connectivity index (χ1n) is 8.20. The molecule has 1 amide bonds. The molecule has 2 heterocycles. The lowest BCUT2D eigenvalue weighted by atomic mass is 10.2. The summed E-state index contributed by atoms with van der Waals surface area (Å²) in [5.74, 6) is -1.28. The van der Waals surface area contributed by atoms with Crippen LogP contribution in [0.5, 0.6) is 5.75 Å². The van der Waals surface area contributed by atoms with Crippen LogP contribution in [0.15, 0.2) is 35.4 Å². The zero-order valence-corrected chi connectivity index (χ0v) is 16.3. The molecule has 0 radical (unpaired) electrons. The molecule has 1 saturated heterocycles. The van der Waals surface area contributed by atoms with E-state index in [1.807, 2.05) is 0 Å². The Morgan fingerprint density at radius 2 is 2.18 bits per heavy atom. The summed E-state index contributed by atoms with van der Waals surface area (Å²) in [5, 5.41) is 2.32. The van der Waals surface area contributed by atoms with E-state index < -0.39 is 21.7 Å². The van der Waals surface area contributed by atoms with Crippen molar-refractivity contribution in [2.24, 2.45) is 0 Å². The summed E-state index contributed by atoms with van der Waals surface area (Å²) in [6, 6.07) is 4.55. The van der Waals surface area contributed by atoms with Crippen molar-refractivity contribution in [3.8, 4) is 5.75 Å². The van der Waals surface area contributed by atoms with Gasteiger partial charge in [-0.05, 0) is 30.7 Å². The predicted molar refractivity (Wildman–Crippen MR) is 99.7 cm³/mol. The highest BCUT2D eigenvalue weighted by molar-refractivity contribution is 7.89. The van der Waals surface area contributed by atoms with Crippen LogP contribution in [-0.2, 0) is 14.8 Å². The Morgan fingerprint density at radius 3 is 2.82 bits per heavy atom. The number of anilines is 1. The zero-order chi connectivity index (χ0) is 20.3. The zero-order valence-electron chi connectivity index (χ0n) is 14.7. The van der Waals surface area contributed by atoms with E-state index in [0.717, 1.165) is 12.3 Å². The summed E-state index contributed by atoms with van der Waals surface area (Å²) in [5.41, 5.74) is -0.0461. The minimum atomic E-state index is -3.87. The second-order valence-corrected chi connectivity index (χ2v) is 8.10. The number of methoxy groups -OCH3 is 1. The lowest BCUT2D eigenvalue weighted by Crippen LogP contribution is -2.35. The number of benzene rings is 1. The van der Waals surface area contributed by atoms with E-state index in [-0.39, 0.29) is 39.7 Å². The van der Waals surface area contributed by atoms with Gasteiger partial charge in [-0.3, -0.25) is 4.79 Å². The summed E-state index contributed by atoms with van der Waals surface area (Å²) >= 11 is 5.87. The number of nitrogens with zero attached hydrogens (tertiary/aromatic N) is 1. The van der Waals surface area contributed by atoms with Crippen LogP contribution in [0.3, 0.4) is 0 Å². The highest BCUT2D eigenvalue weighted by Gasteiger charge is 2.25. The number of ether oxygens (including phenoxy) is 2. The Morgan fingerprint density at radius 1 is 1.39 bits per heavy atom. The molecule has 0 saturated carbocycles. The van der Waals surface area contributed by atoms with Gasteiger partial charge in [-0.25, -0.2) is 22.5 Å². The molecular weight excluding hydrogens is 413 g/mol. The van der Waals surface area contributed by atoms with Crippen LogP contribution >= 0.6 is 11.6 Å². The molecule has 28 heavy (non-hydrogen) atoms. The van der Waals surface area contributed by atoms with Crippen LogP contribution in [0.2, 0.25) is 5.02 Å². The molecule has 3 rings (SSSR count). The van der Waals surface area contributed by atoms with Crippen molar-refractivity contribution >= 4 is 33.3 Å². The van der Waals surface area contributed by atoms with E-state index in [1.165, 1.54) is 25.3 Å². The van der Waals surface area contributed by atoms with Gasteiger partial charge in [0.25, 0.3) is 5.91 Å². The third kappa shape index (κ3) is 4.58. The van der Waals surface area contributed by atoms with Crippen molar-refractivity contribution in [2.45, 2.75) is 17.4 Å². The fourth-order valence-electron chi connectivity index (χ4n) is 2.63. The Labute approximate surface area is 166 Å². The van der Waals surface area contributed by atoms with E-state index in [0.29, 0.717) is 13.0 Å². The maximum atomic E-state index is 13.1. The van der Waals surface area contributed by atoms with E-state index in [2.05, 4.69) is 15.0 Å². The minimum Gasteiger partial charge on any atom is -0.496 e. The van der Waals surface area contributed by atoms with Crippen molar-refractivity contribution < 1.29 is 27.1 Å². The van der Waals surface area contributed by atoms with Crippen molar-refractivity contribution in [1.82, 2.24) is 9.71 Å². The molecule has 0 spiro atoms. The summed E-state index contributed by atoms with van der Waals surface area (Å²) in [6.07, 6.45) is 1.46. The van der Waals surface area contributed by atoms with Gasteiger partial charge in [-0.15, -0.1) is 0 Å². The van der Waals surface area contributed by atoms with Gasteiger partial charge in [0.1, 0.15) is 11.6 Å². The maximum absolute atomic E-state index is 13.1. The monoisotopic (exact) mass is 429 g/mol. The molecule has 1 aliphatic rings. The number of nitrogens with one attached hydrogen (secondary N) is 2. The first kappa shape index (κ1) is 20.5. The number of carbonyl (C=O) groups is 1. The Balaban J connectivity index is 1.88. The number of pyridine rings is 1. The van der Waals surface area contributed by atoms with Gasteiger partial charge in [0.05, 0.1) is 35.4 Å². The molecule has 1 aromatic carbocycles. The lowest BCUT2D eigenvalue weighted by molar-refractivity contribution is 0.102. The molecule has 1 aliphatic heterocycles. The highest BCUT2D eigenvalue weighted by atomic mass is 35.5. The summed E-state index contributed by atoms with van der Waals surface area (Å²) in [4.78, 5) is 16.2. The fourth-order valence-corrected chi connectivity index (χ4v) is 4.11. The largest absolute Gasteiger partial charge is 0.496 e. The number of aromatic nitrogens is 1. The van der Waals surface area contributed by atoms with Crippen LogP contribution in [0, 0.1) is 5.82 Å². The second-order valence-electron chi connectivity index (χ2n) is 5.98. The van der Waals surface area contributed by atoms with Gasteiger partial charge in [0.15, 0.2) is 5.82 Å². The number of amides is 1. The first-order chi connectivity index (χ1) is 13.3. The maximum Gasteiger partial charge on any atom is 0.260 e. The molecule has 8 nitrogen and oxygen atoms in total. The molecule has 0 bridgehead atoms. The summed E-state index contributed by atoms with van der Waals surface area (Å²) < 4.78 is 51.2. The molecule has 2 aromatic rings. The number of halogens is 2. The molecular formula is C17H17ClFN3O5S. The van der Waals surface area contributed by atoms with Crippen LogP contribution in [0.4, 0.5) is 10.2 Å². The second kappa shape index (κ2) is 8.39. The molecule has 0 aliphatic carbocycles. The number of rotatable bonds is 6. The van der Waals surface area contributed by atoms with Gasteiger partial charge >= 0.3 is 0 Å². The van der Waals surface area contributed by atoms with Crippen LogP contribution in [0.25, 0.3) is 0 Å². The topological polar surface area (TPSA) is 107 Å². The average molecular weight is 430 g/mol. The third-order valence-electron chi connectivity index (χ3n) is 4.02. The van der Waals surface area contributed by atoms with E-state index >= 15 is 0 Å². The Hall–Kier alpha value is -2.27. The molecule has 1 aromatic heterocycles. The highest BCUT2D eigenvalue weighted by Crippen LogP contribution is 2.26. The van der Waals surface area contributed by atoms with Crippen LogP contribution in [0.1, 0.15) is 16.8 Å². The molecule has 0 unspecified atom stereocenters. The van der Waals surface area contributed by atoms with Crippen molar-refractivity contribution in [2.75, 3.05) is 25.6 Å². The van der Waals surface area contributed by atoms with E-state index in [4.69, 9.17) is 21.1 Å².